The van der Waals surface area contributed by atoms with Crippen LogP contribution in [-0.2, 0) is 17.9 Å². The number of aryl methyl sites for hydroxylation is 2. The highest BCUT2D eigenvalue weighted by Gasteiger charge is 2.34. The van der Waals surface area contributed by atoms with Crippen molar-refractivity contribution in [2.24, 2.45) is 7.05 Å². The summed E-state index contributed by atoms with van der Waals surface area (Å²) in [5, 5.41) is 0. The van der Waals surface area contributed by atoms with Crippen molar-refractivity contribution < 1.29 is 0 Å². The highest BCUT2D eigenvalue weighted by Crippen LogP contribution is 2.35. The van der Waals surface area contributed by atoms with Gasteiger partial charge in [-0.25, -0.2) is 4.79 Å². The maximum absolute atomic E-state index is 13.1. The Hall–Kier alpha value is -1.77. The number of hydrogen-bond acceptors (Lipinski definition) is 1. The van der Waals surface area contributed by atoms with E-state index in [0.29, 0.717) is 0 Å². The number of benzene rings is 1. The van der Waals surface area contributed by atoms with Gasteiger partial charge in [0.2, 0.25) is 0 Å². The summed E-state index contributed by atoms with van der Waals surface area (Å²) in [6, 6.07) is 6.19. The molecule has 0 bridgehead atoms. The van der Waals surface area contributed by atoms with Gasteiger partial charge >= 0.3 is 5.69 Å². The average Bonchev–Trinajstić information content (AvgIpc) is 2.63. The standard InChI is InChI=1S/C20H30N2O/c1-13-11-10-12-14(2)15(13)22-17(20(6,7)8)16(19(3,4)5)21(9)18(22)23/h10-12H,1-9H3. The molecule has 0 saturated heterocycles. The van der Waals surface area contributed by atoms with Gasteiger partial charge in [0.05, 0.1) is 11.4 Å². The molecule has 0 radical (unpaired) electrons. The molecule has 0 atom stereocenters. The monoisotopic (exact) mass is 314 g/mol. The Morgan fingerprint density at radius 1 is 0.826 bits per heavy atom. The topological polar surface area (TPSA) is 26.9 Å². The van der Waals surface area contributed by atoms with Crippen LogP contribution in [0.25, 0.3) is 5.69 Å². The molecule has 1 aromatic carbocycles. The molecule has 1 aromatic heterocycles. The van der Waals surface area contributed by atoms with E-state index in [1.165, 1.54) is 0 Å². The van der Waals surface area contributed by atoms with Crippen LogP contribution in [0.2, 0.25) is 0 Å². The smallest absolute Gasteiger partial charge is 0.298 e. The van der Waals surface area contributed by atoms with Crippen LogP contribution in [0.3, 0.4) is 0 Å². The molecule has 3 heteroatoms. The van der Waals surface area contributed by atoms with Gasteiger partial charge < -0.3 is 0 Å². The van der Waals surface area contributed by atoms with Crippen LogP contribution in [-0.4, -0.2) is 9.13 Å². The highest BCUT2D eigenvalue weighted by molar-refractivity contribution is 5.50. The summed E-state index contributed by atoms with van der Waals surface area (Å²) in [5.41, 5.74) is 5.31. The van der Waals surface area contributed by atoms with Gasteiger partial charge in [-0.15, -0.1) is 0 Å². The van der Waals surface area contributed by atoms with Crippen LogP contribution >= 0.6 is 0 Å². The lowest BCUT2D eigenvalue weighted by molar-refractivity contribution is 0.490. The van der Waals surface area contributed by atoms with Crippen molar-refractivity contribution in [1.29, 1.82) is 0 Å². The molecular weight excluding hydrogens is 284 g/mol. The minimum absolute atomic E-state index is 0.0391. The Balaban J connectivity index is 3.05. The van der Waals surface area contributed by atoms with E-state index in [1.54, 1.807) is 0 Å². The van der Waals surface area contributed by atoms with Crippen molar-refractivity contribution in [1.82, 2.24) is 9.13 Å². The third kappa shape index (κ3) is 2.89. The number of para-hydroxylation sites is 1. The van der Waals surface area contributed by atoms with Gasteiger partial charge in [0.25, 0.3) is 0 Å². The van der Waals surface area contributed by atoms with E-state index in [0.717, 1.165) is 28.2 Å². The Morgan fingerprint density at radius 3 is 1.65 bits per heavy atom. The molecular formula is C20H30N2O. The number of rotatable bonds is 1. The number of hydrogen-bond donors (Lipinski definition) is 0. The minimum Gasteiger partial charge on any atom is -0.298 e. The van der Waals surface area contributed by atoms with E-state index in [4.69, 9.17) is 0 Å². The summed E-state index contributed by atoms with van der Waals surface area (Å²) in [4.78, 5) is 13.1. The molecule has 1 heterocycles. The molecule has 0 fully saturated rings. The molecule has 2 aromatic rings. The summed E-state index contributed by atoms with van der Waals surface area (Å²) >= 11 is 0. The quantitative estimate of drug-likeness (QED) is 0.767. The number of imidazole rings is 1. The summed E-state index contributed by atoms with van der Waals surface area (Å²) in [6.07, 6.45) is 0. The Kier molecular flexibility index (Phi) is 4.13. The predicted octanol–water partition coefficient (Wildman–Crippen LogP) is 4.39. The molecule has 0 aliphatic rings. The molecule has 0 aliphatic heterocycles. The number of aromatic nitrogens is 2. The molecule has 0 saturated carbocycles. The first kappa shape index (κ1) is 17.6. The second-order valence-electron chi connectivity index (χ2n) is 8.61. The zero-order valence-electron chi connectivity index (χ0n) is 16.0. The van der Waals surface area contributed by atoms with Crippen LogP contribution in [0.5, 0.6) is 0 Å². The Bertz CT molecular complexity index is 773. The second-order valence-corrected chi connectivity index (χ2v) is 8.61. The Morgan fingerprint density at radius 2 is 1.26 bits per heavy atom. The van der Waals surface area contributed by atoms with Crippen LogP contribution in [0.15, 0.2) is 23.0 Å². The van der Waals surface area contributed by atoms with Gasteiger partial charge in [-0.2, -0.15) is 0 Å². The number of nitrogens with zero attached hydrogens (tertiary/aromatic N) is 2. The lowest BCUT2D eigenvalue weighted by Crippen LogP contribution is -2.27. The maximum atomic E-state index is 13.1. The third-order valence-electron chi connectivity index (χ3n) is 4.35. The molecule has 0 aliphatic carbocycles. The fourth-order valence-corrected chi connectivity index (χ4v) is 3.52. The summed E-state index contributed by atoms with van der Waals surface area (Å²) in [5.74, 6) is 0. The fraction of sp³-hybridized carbons (Fsp3) is 0.550. The van der Waals surface area contributed by atoms with E-state index >= 15 is 0 Å². The second kappa shape index (κ2) is 5.40. The summed E-state index contributed by atoms with van der Waals surface area (Å²) in [6.45, 7) is 17.2. The maximum Gasteiger partial charge on any atom is 0.332 e. The first-order chi connectivity index (χ1) is 10.4. The van der Waals surface area contributed by atoms with Gasteiger partial charge in [0, 0.05) is 23.6 Å². The molecule has 23 heavy (non-hydrogen) atoms. The molecule has 2 rings (SSSR count). The molecule has 0 unspecified atom stereocenters. The van der Waals surface area contributed by atoms with E-state index in [-0.39, 0.29) is 16.5 Å². The van der Waals surface area contributed by atoms with Gasteiger partial charge in [0.15, 0.2) is 0 Å². The minimum atomic E-state index is -0.127. The average molecular weight is 314 g/mol. The summed E-state index contributed by atoms with van der Waals surface area (Å²) < 4.78 is 3.76. The SMILES string of the molecule is Cc1cccc(C)c1-n1c(C(C)(C)C)c(C(C)(C)C)n(C)c1=O. The van der Waals surface area contributed by atoms with Crippen molar-refractivity contribution in [2.45, 2.75) is 66.2 Å². The van der Waals surface area contributed by atoms with Crippen LogP contribution in [0.4, 0.5) is 0 Å². The van der Waals surface area contributed by atoms with Crippen LogP contribution in [0, 0.1) is 13.8 Å². The first-order valence-corrected chi connectivity index (χ1v) is 8.26. The summed E-state index contributed by atoms with van der Waals surface area (Å²) in [7, 11) is 1.89. The normalized spacial score (nSPS) is 12.7. The van der Waals surface area contributed by atoms with E-state index < -0.39 is 0 Å². The Labute approximate surface area is 140 Å². The first-order valence-electron chi connectivity index (χ1n) is 8.26. The van der Waals surface area contributed by atoms with Gasteiger partial charge in [0.1, 0.15) is 0 Å². The van der Waals surface area contributed by atoms with Crippen molar-refractivity contribution in [3.8, 4) is 5.69 Å². The molecule has 0 amide bonds. The van der Waals surface area contributed by atoms with Gasteiger partial charge in [-0.3, -0.25) is 9.13 Å². The highest BCUT2D eigenvalue weighted by atomic mass is 16.1. The van der Waals surface area contributed by atoms with E-state index in [1.807, 2.05) is 22.2 Å². The van der Waals surface area contributed by atoms with Crippen LogP contribution in [0.1, 0.15) is 64.1 Å². The van der Waals surface area contributed by atoms with Crippen LogP contribution < -0.4 is 5.69 Å². The zero-order valence-corrected chi connectivity index (χ0v) is 16.0. The van der Waals surface area contributed by atoms with Crippen molar-refractivity contribution in [3.63, 3.8) is 0 Å². The fourth-order valence-electron chi connectivity index (χ4n) is 3.52. The lowest BCUT2D eigenvalue weighted by Gasteiger charge is -2.29. The molecule has 126 valence electrons. The predicted molar refractivity (Wildman–Crippen MR) is 97.9 cm³/mol. The van der Waals surface area contributed by atoms with Gasteiger partial charge in [-0.05, 0) is 25.0 Å². The molecule has 0 spiro atoms. The van der Waals surface area contributed by atoms with Gasteiger partial charge in [-0.1, -0.05) is 59.7 Å². The van der Waals surface area contributed by atoms with Crippen molar-refractivity contribution in [2.75, 3.05) is 0 Å². The third-order valence-corrected chi connectivity index (χ3v) is 4.35. The van der Waals surface area contributed by atoms with E-state index in [9.17, 15) is 4.79 Å². The van der Waals surface area contributed by atoms with E-state index in [2.05, 4.69) is 67.5 Å². The molecule has 0 N–H and O–H groups in total. The molecule has 3 nitrogen and oxygen atoms in total. The van der Waals surface area contributed by atoms with Crippen molar-refractivity contribution >= 4 is 0 Å². The largest absolute Gasteiger partial charge is 0.332 e. The lowest BCUT2D eigenvalue weighted by atomic mass is 9.81. The van der Waals surface area contributed by atoms with Crippen molar-refractivity contribution in [3.05, 3.63) is 51.2 Å². The zero-order chi connectivity index (χ0) is 17.7.